The number of piperidine rings is 1. The van der Waals surface area contributed by atoms with Crippen molar-refractivity contribution in [3.63, 3.8) is 0 Å². The molecule has 2 aliphatic rings. The minimum atomic E-state index is -0.769. The van der Waals surface area contributed by atoms with Crippen molar-refractivity contribution in [3.05, 3.63) is 58.6 Å². The Morgan fingerprint density at radius 2 is 1.85 bits per heavy atom. The van der Waals surface area contributed by atoms with Crippen molar-refractivity contribution in [1.82, 2.24) is 19.5 Å². The quantitative estimate of drug-likeness (QED) is 0.279. The first-order valence-electron chi connectivity index (χ1n) is 13.8. The predicted molar refractivity (Wildman–Crippen MR) is 149 cm³/mol. The number of ether oxygens (including phenoxy) is 3. The van der Waals surface area contributed by atoms with E-state index in [1.165, 1.54) is 12.1 Å². The highest BCUT2D eigenvalue weighted by Crippen LogP contribution is 2.23. The topological polar surface area (TPSA) is 94.8 Å². The van der Waals surface area contributed by atoms with Crippen LogP contribution in [0.3, 0.4) is 0 Å². The Balaban J connectivity index is 1.22. The lowest BCUT2D eigenvalue weighted by atomic mass is 10.0. The van der Waals surface area contributed by atoms with Gasteiger partial charge in [0.2, 0.25) is 24.6 Å². The molecule has 0 saturated carbocycles. The molecule has 1 saturated heterocycles. The molecular formula is C29H35FN6O4. The van der Waals surface area contributed by atoms with E-state index in [1.54, 1.807) is 12.3 Å². The van der Waals surface area contributed by atoms with E-state index in [0.717, 1.165) is 67.4 Å². The van der Waals surface area contributed by atoms with Gasteiger partial charge in [-0.15, -0.1) is 0 Å². The molecule has 3 aromatic rings. The first kappa shape index (κ1) is 27.4. The lowest BCUT2D eigenvalue weighted by Crippen LogP contribution is -2.45. The van der Waals surface area contributed by atoms with E-state index in [-0.39, 0.29) is 18.7 Å². The van der Waals surface area contributed by atoms with E-state index in [4.69, 9.17) is 19.2 Å². The largest absolute Gasteiger partial charge is 0.511 e. The lowest BCUT2D eigenvalue weighted by molar-refractivity contribution is 0.00322. The number of rotatable bonds is 10. The van der Waals surface area contributed by atoms with Crippen LogP contribution in [0.2, 0.25) is 0 Å². The third-order valence-corrected chi connectivity index (χ3v) is 7.15. The van der Waals surface area contributed by atoms with E-state index in [9.17, 15) is 9.18 Å². The molecule has 1 aliphatic heterocycles. The van der Waals surface area contributed by atoms with Gasteiger partial charge < -0.3 is 28.6 Å². The maximum absolute atomic E-state index is 13.5. The number of hydrogen-bond acceptors (Lipinski definition) is 9. The molecule has 0 N–H and O–H groups in total. The highest BCUT2D eigenvalue weighted by molar-refractivity contribution is 5.59. The maximum atomic E-state index is 13.5. The number of aromatic nitrogens is 4. The van der Waals surface area contributed by atoms with Gasteiger partial charge in [0.1, 0.15) is 5.82 Å². The van der Waals surface area contributed by atoms with Gasteiger partial charge in [0.05, 0.1) is 23.8 Å². The fourth-order valence-electron chi connectivity index (χ4n) is 5.01. The molecule has 40 heavy (non-hydrogen) atoms. The highest BCUT2D eigenvalue weighted by atomic mass is 19.1. The summed E-state index contributed by atoms with van der Waals surface area (Å²) in [5.74, 6) is 1.58. The Morgan fingerprint density at radius 1 is 1.07 bits per heavy atom. The van der Waals surface area contributed by atoms with Crippen molar-refractivity contribution in [2.24, 2.45) is 0 Å². The zero-order chi connectivity index (χ0) is 27.9. The fourth-order valence-corrected chi connectivity index (χ4v) is 5.01. The Labute approximate surface area is 232 Å². The summed E-state index contributed by atoms with van der Waals surface area (Å²) in [7, 11) is 1.98. The molecule has 0 radical (unpaired) electrons. The van der Waals surface area contributed by atoms with Crippen LogP contribution in [-0.4, -0.2) is 65.3 Å². The normalized spacial score (nSPS) is 15.0. The molecule has 3 heterocycles. The van der Waals surface area contributed by atoms with Gasteiger partial charge in [-0.2, -0.15) is 4.98 Å². The Kier molecular flexibility index (Phi) is 8.78. The van der Waals surface area contributed by atoms with Gasteiger partial charge in [-0.1, -0.05) is 31.2 Å². The summed E-state index contributed by atoms with van der Waals surface area (Å²) in [5.41, 5.74) is 1.04. The van der Waals surface area contributed by atoms with E-state index in [0.29, 0.717) is 25.0 Å². The molecule has 1 aliphatic carbocycles. The van der Waals surface area contributed by atoms with Crippen LogP contribution in [-0.2, 0) is 16.0 Å². The van der Waals surface area contributed by atoms with Gasteiger partial charge in [-0.3, -0.25) is 0 Å². The van der Waals surface area contributed by atoms with Crippen LogP contribution in [0.1, 0.15) is 44.6 Å². The number of nitrogens with zero attached hydrogens (tertiary/aromatic N) is 6. The van der Waals surface area contributed by atoms with Crippen LogP contribution in [0.25, 0.3) is 12.2 Å². The summed E-state index contributed by atoms with van der Waals surface area (Å²) in [6.07, 6.45) is 9.81. The number of anilines is 2. The molecule has 0 atom stereocenters. The first-order chi connectivity index (χ1) is 19.5. The number of carbonyl (C=O) groups is 1. The number of imidazole rings is 1. The van der Waals surface area contributed by atoms with Gasteiger partial charge in [0.25, 0.3) is 0 Å². The van der Waals surface area contributed by atoms with Gasteiger partial charge in [-0.25, -0.2) is 19.2 Å². The van der Waals surface area contributed by atoms with E-state index in [1.807, 2.05) is 26.1 Å². The second kappa shape index (κ2) is 12.8. The number of fused-ring (bicyclic) bond motifs is 1. The van der Waals surface area contributed by atoms with Crippen LogP contribution < -0.4 is 25.2 Å². The van der Waals surface area contributed by atoms with Gasteiger partial charge in [0.15, 0.2) is 0 Å². The molecular weight excluding hydrogens is 515 g/mol. The van der Waals surface area contributed by atoms with E-state index >= 15 is 0 Å². The SMILES string of the molecule is CCCOC(=O)OCOc1ccnc(N(C)C2CCN(c3nc4c(n3Cc3ccc(F)cc3)=CCCC=4)CC2)n1. The van der Waals surface area contributed by atoms with Crippen LogP contribution in [0.15, 0.2) is 36.5 Å². The molecule has 10 nitrogen and oxygen atoms in total. The summed E-state index contributed by atoms with van der Waals surface area (Å²) in [6.45, 7) is 4.22. The van der Waals surface area contributed by atoms with Crippen molar-refractivity contribution in [2.45, 2.75) is 51.6 Å². The molecule has 5 rings (SSSR count). The molecule has 1 fully saturated rings. The van der Waals surface area contributed by atoms with Crippen LogP contribution >= 0.6 is 0 Å². The summed E-state index contributed by atoms with van der Waals surface area (Å²) in [4.78, 5) is 29.8. The van der Waals surface area contributed by atoms with Crippen LogP contribution in [0, 0.1) is 5.82 Å². The van der Waals surface area contributed by atoms with Crippen molar-refractivity contribution in [3.8, 4) is 5.88 Å². The highest BCUT2D eigenvalue weighted by Gasteiger charge is 2.27. The fraction of sp³-hybridized carbons (Fsp3) is 0.448. The smallest absolute Gasteiger partial charge is 0.440 e. The predicted octanol–water partition coefficient (Wildman–Crippen LogP) is 3.22. The zero-order valence-electron chi connectivity index (χ0n) is 23.0. The lowest BCUT2D eigenvalue weighted by Gasteiger charge is -2.37. The number of carbonyl (C=O) groups excluding carboxylic acids is 1. The minimum absolute atomic E-state index is 0.232. The van der Waals surface area contributed by atoms with Gasteiger partial charge in [-0.05, 0) is 49.8 Å². The third kappa shape index (κ3) is 6.52. The first-order valence-corrected chi connectivity index (χ1v) is 13.8. The van der Waals surface area contributed by atoms with Crippen molar-refractivity contribution < 1.29 is 23.4 Å². The summed E-state index contributed by atoms with van der Waals surface area (Å²) in [6, 6.07) is 8.54. The number of halogens is 1. The monoisotopic (exact) mass is 550 g/mol. The maximum Gasteiger partial charge on any atom is 0.511 e. The van der Waals surface area contributed by atoms with Crippen molar-refractivity contribution in [1.29, 1.82) is 0 Å². The summed E-state index contributed by atoms with van der Waals surface area (Å²) in [5, 5.41) is 2.16. The summed E-state index contributed by atoms with van der Waals surface area (Å²) < 4.78 is 31.0. The van der Waals surface area contributed by atoms with Crippen LogP contribution in [0.5, 0.6) is 5.88 Å². The Hall–Kier alpha value is -4.15. The molecule has 2 aromatic heterocycles. The standard InChI is InChI=1S/C29H35FN6O4/c1-3-18-38-29(37)40-20-39-26-12-15-31-27(33-26)34(2)23-13-16-35(17-14-23)28-32-24-6-4-5-7-25(24)36(28)19-21-8-10-22(30)11-9-21/h6-12,15,23H,3-5,13-14,16-20H2,1-2H3. The number of benzene rings is 1. The molecule has 0 amide bonds. The Morgan fingerprint density at radius 3 is 2.62 bits per heavy atom. The minimum Gasteiger partial charge on any atom is -0.440 e. The van der Waals surface area contributed by atoms with Gasteiger partial charge in [0, 0.05) is 38.4 Å². The average molecular weight is 551 g/mol. The molecule has 0 bridgehead atoms. The molecule has 0 unspecified atom stereocenters. The average Bonchev–Trinajstić information content (AvgIpc) is 3.35. The second-order valence-corrected chi connectivity index (χ2v) is 9.91. The van der Waals surface area contributed by atoms with Gasteiger partial charge >= 0.3 is 6.16 Å². The van der Waals surface area contributed by atoms with Crippen LogP contribution in [0.4, 0.5) is 21.1 Å². The Bertz CT molecular complexity index is 1420. The summed E-state index contributed by atoms with van der Waals surface area (Å²) >= 11 is 0. The van der Waals surface area contributed by atoms with E-state index < -0.39 is 6.16 Å². The van der Waals surface area contributed by atoms with Crippen molar-refractivity contribution >= 4 is 30.2 Å². The number of hydrogen-bond donors (Lipinski definition) is 0. The molecule has 212 valence electrons. The molecule has 1 aromatic carbocycles. The zero-order valence-corrected chi connectivity index (χ0v) is 23.0. The van der Waals surface area contributed by atoms with E-state index in [2.05, 4.69) is 36.5 Å². The molecule has 11 heteroatoms. The second-order valence-electron chi connectivity index (χ2n) is 9.91. The van der Waals surface area contributed by atoms with Crippen molar-refractivity contribution in [2.75, 3.05) is 43.3 Å². The molecule has 0 spiro atoms. The third-order valence-electron chi connectivity index (χ3n) is 7.15.